The number of anilines is 1. The van der Waals surface area contributed by atoms with Gasteiger partial charge in [0.25, 0.3) is 5.91 Å². The average molecular weight is 416 g/mol. The first-order chi connectivity index (χ1) is 13.8. The molecular weight excluding hydrogens is 399 g/mol. The van der Waals surface area contributed by atoms with E-state index < -0.39 is 21.8 Å². The summed E-state index contributed by atoms with van der Waals surface area (Å²) in [6, 6.07) is 15.8. The van der Waals surface area contributed by atoms with Gasteiger partial charge in [-0.25, -0.2) is 9.87 Å². The van der Waals surface area contributed by atoms with E-state index in [2.05, 4.69) is 0 Å². The number of nitrogens with one attached hydrogen (secondary N) is 1. The molecule has 1 amide bonds. The Morgan fingerprint density at radius 3 is 2.41 bits per heavy atom. The Kier molecular flexibility index (Phi) is 5.81. The summed E-state index contributed by atoms with van der Waals surface area (Å²) in [6.07, 6.45) is 0. The zero-order valence-electron chi connectivity index (χ0n) is 15.3. The normalized spacial score (nSPS) is 11.1. The summed E-state index contributed by atoms with van der Waals surface area (Å²) in [6.45, 7) is 0. The van der Waals surface area contributed by atoms with Crippen molar-refractivity contribution in [3.63, 3.8) is 0 Å². The van der Waals surface area contributed by atoms with E-state index in [1.807, 2.05) is 5.48 Å². The molecule has 0 aromatic heterocycles. The largest absolute Gasteiger partial charge is 0.496 e. The number of hydrogen-bond acceptors (Lipinski definition) is 6. The van der Waals surface area contributed by atoms with E-state index >= 15 is 0 Å². The number of halogens is 1. The molecule has 0 aliphatic heterocycles. The van der Waals surface area contributed by atoms with Crippen LogP contribution in [-0.2, 0) is 14.4 Å². The van der Waals surface area contributed by atoms with Crippen molar-refractivity contribution >= 4 is 21.7 Å². The van der Waals surface area contributed by atoms with Crippen LogP contribution in [0.5, 0.6) is 5.75 Å². The molecule has 29 heavy (non-hydrogen) atoms. The van der Waals surface area contributed by atoms with Gasteiger partial charge in [-0.3, -0.25) is 4.79 Å². The second-order valence-corrected chi connectivity index (χ2v) is 7.51. The molecule has 3 aromatic carbocycles. The fourth-order valence-corrected chi connectivity index (χ4v) is 3.37. The average Bonchev–Trinajstić information content (AvgIpc) is 2.72. The molecular formula is C20H17FN2O5S. The van der Waals surface area contributed by atoms with E-state index in [0.717, 1.165) is 0 Å². The monoisotopic (exact) mass is 416 g/mol. The molecule has 150 valence electrons. The van der Waals surface area contributed by atoms with Crippen molar-refractivity contribution in [1.82, 2.24) is 5.48 Å². The number of benzene rings is 3. The Hall–Kier alpha value is -3.43. The molecule has 0 saturated carbocycles. The molecule has 0 saturated heterocycles. The zero-order valence-corrected chi connectivity index (χ0v) is 16.1. The lowest BCUT2D eigenvalue weighted by Crippen LogP contribution is -2.27. The van der Waals surface area contributed by atoms with Crippen LogP contribution in [0.4, 0.5) is 10.1 Å². The first kappa shape index (κ1) is 20.3. The maximum absolute atomic E-state index is 13.1. The maximum atomic E-state index is 13.1. The first-order valence-electron chi connectivity index (χ1n) is 8.33. The summed E-state index contributed by atoms with van der Waals surface area (Å²) < 4.78 is 47.8. The number of methoxy groups -OCH3 is 1. The van der Waals surface area contributed by atoms with Crippen LogP contribution in [0, 0.1) is 5.82 Å². The lowest BCUT2D eigenvalue weighted by Gasteiger charge is -2.11. The van der Waals surface area contributed by atoms with Gasteiger partial charge >= 0.3 is 10.1 Å². The molecule has 0 fully saturated rings. The number of rotatable bonds is 6. The van der Waals surface area contributed by atoms with Crippen molar-refractivity contribution in [3.05, 3.63) is 78.1 Å². The van der Waals surface area contributed by atoms with Gasteiger partial charge in [0.05, 0.1) is 17.6 Å². The number of ether oxygens (including phenoxy) is 1. The molecule has 9 heteroatoms. The van der Waals surface area contributed by atoms with Gasteiger partial charge in [-0.05, 0) is 53.6 Å². The van der Waals surface area contributed by atoms with E-state index in [1.54, 1.807) is 6.07 Å². The van der Waals surface area contributed by atoms with Crippen LogP contribution >= 0.6 is 0 Å². The standard InChI is InChI=1S/C20H17FN2O5S/c1-27-19-10-9-16(22)12-18(19)20(24)23-28-29(25,26)17-4-2-3-14(11-17)13-5-7-15(21)8-6-13/h2-12H,22H2,1H3,(H,23,24). The van der Waals surface area contributed by atoms with E-state index in [1.165, 1.54) is 67.8 Å². The molecule has 0 aliphatic rings. The van der Waals surface area contributed by atoms with Gasteiger partial charge in [0, 0.05) is 5.69 Å². The topological polar surface area (TPSA) is 108 Å². The molecule has 3 aromatic rings. The van der Waals surface area contributed by atoms with E-state index in [4.69, 9.17) is 14.8 Å². The third-order valence-electron chi connectivity index (χ3n) is 4.01. The number of carbonyl (C=O) groups excluding carboxylic acids is 1. The molecule has 0 heterocycles. The van der Waals surface area contributed by atoms with Crippen molar-refractivity contribution in [3.8, 4) is 16.9 Å². The molecule has 0 spiro atoms. The summed E-state index contributed by atoms with van der Waals surface area (Å²) in [5, 5.41) is 0. The lowest BCUT2D eigenvalue weighted by atomic mass is 10.1. The second kappa shape index (κ2) is 8.29. The molecule has 3 rings (SSSR count). The summed E-state index contributed by atoms with van der Waals surface area (Å²) in [5.74, 6) is -1.04. The van der Waals surface area contributed by atoms with Gasteiger partial charge in [0.1, 0.15) is 11.6 Å². The van der Waals surface area contributed by atoms with Crippen molar-refractivity contribution < 1.29 is 26.6 Å². The Morgan fingerprint density at radius 1 is 1.00 bits per heavy atom. The highest BCUT2D eigenvalue weighted by Gasteiger charge is 2.20. The van der Waals surface area contributed by atoms with Crippen LogP contribution in [0.15, 0.2) is 71.6 Å². The van der Waals surface area contributed by atoms with Crippen LogP contribution < -0.4 is 16.0 Å². The summed E-state index contributed by atoms with van der Waals surface area (Å²) in [7, 11) is -2.95. The van der Waals surface area contributed by atoms with Crippen molar-refractivity contribution in [2.75, 3.05) is 12.8 Å². The third kappa shape index (κ3) is 4.71. The fourth-order valence-electron chi connectivity index (χ4n) is 2.57. The van der Waals surface area contributed by atoms with Crippen molar-refractivity contribution in [2.24, 2.45) is 0 Å². The minimum Gasteiger partial charge on any atom is -0.496 e. The Labute approximate surface area is 167 Å². The van der Waals surface area contributed by atoms with Gasteiger partial charge in [-0.1, -0.05) is 24.3 Å². The highest BCUT2D eigenvalue weighted by Crippen LogP contribution is 2.24. The molecule has 0 unspecified atom stereocenters. The van der Waals surface area contributed by atoms with Gasteiger partial charge in [0.2, 0.25) is 0 Å². The molecule has 0 aliphatic carbocycles. The third-order valence-corrected chi connectivity index (χ3v) is 5.15. The number of amides is 1. The molecule has 3 N–H and O–H groups in total. The lowest BCUT2D eigenvalue weighted by molar-refractivity contribution is 0.0767. The summed E-state index contributed by atoms with van der Waals surface area (Å²) in [4.78, 5) is 12.1. The Balaban J connectivity index is 1.80. The van der Waals surface area contributed by atoms with E-state index in [9.17, 15) is 17.6 Å². The Morgan fingerprint density at radius 2 is 1.72 bits per heavy atom. The highest BCUT2D eigenvalue weighted by atomic mass is 32.2. The fraction of sp³-hybridized carbons (Fsp3) is 0.0500. The van der Waals surface area contributed by atoms with Crippen LogP contribution in [0.2, 0.25) is 0 Å². The maximum Gasteiger partial charge on any atom is 0.317 e. The van der Waals surface area contributed by atoms with Gasteiger partial charge in [-0.2, -0.15) is 8.42 Å². The van der Waals surface area contributed by atoms with Crippen LogP contribution in [-0.4, -0.2) is 21.4 Å². The molecule has 0 atom stereocenters. The minimum absolute atomic E-state index is 0.0164. The predicted molar refractivity (Wildman–Crippen MR) is 105 cm³/mol. The number of nitrogens with two attached hydrogens (primary N) is 1. The van der Waals surface area contributed by atoms with Crippen LogP contribution in [0.1, 0.15) is 10.4 Å². The summed E-state index contributed by atoms with van der Waals surface area (Å²) in [5.41, 5.74) is 9.03. The number of hydroxylamine groups is 1. The number of nitrogen functional groups attached to an aromatic ring is 1. The SMILES string of the molecule is COc1ccc(N)cc1C(=O)NOS(=O)(=O)c1cccc(-c2ccc(F)cc2)c1. The summed E-state index contributed by atoms with van der Waals surface area (Å²) >= 11 is 0. The quantitative estimate of drug-likeness (QED) is 0.472. The first-order valence-corrected chi connectivity index (χ1v) is 9.74. The second-order valence-electron chi connectivity index (χ2n) is 5.96. The predicted octanol–water partition coefficient (Wildman–Crippen LogP) is 3.13. The van der Waals surface area contributed by atoms with Crippen LogP contribution in [0.3, 0.4) is 0 Å². The zero-order chi connectivity index (χ0) is 21.0. The van der Waals surface area contributed by atoms with Crippen molar-refractivity contribution in [2.45, 2.75) is 4.90 Å². The molecule has 0 bridgehead atoms. The molecule has 0 radical (unpaired) electrons. The molecule has 7 nitrogen and oxygen atoms in total. The Bertz CT molecular complexity index is 1150. The van der Waals surface area contributed by atoms with E-state index in [0.29, 0.717) is 16.8 Å². The van der Waals surface area contributed by atoms with Crippen LogP contribution in [0.25, 0.3) is 11.1 Å². The minimum atomic E-state index is -4.31. The number of carbonyl (C=O) groups is 1. The highest BCUT2D eigenvalue weighted by molar-refractivity contribution is 7.86. The number of hydrogen-bond donors (Lipinski definition) is 2. The van der Waals surface area contributed by atoms with E-state index in [-0.39, 0.29) is 16.2 Å². The van der Waals surface area contributed by atoms with Crippen molar-refractivity contribution in [1.29, 1.82) is 0 Å². The van der Waals surface area contributed by atoms with Gasteiger partial charge in [-0.15, -0.1) is 4.28 Å². The van der Waals surface area contributed by atoms with Gasteiger partial charge < -0.3 is 10.5 Å². The smallest absolute Gasteiger partial charge is 0.317 e. The van der Waals surface area contributed by atoms with Gasteiger partial charge in [0.15, 0.2) is 0 Å².